The maximum Gasteiger partial charge on any atom is 0.264 e. The van der Waals surface area contributed by atoms with Gasteiger partial charge < -0.3 is 4.90 Å². The van der Waals surface area contributed by atoms with Crippen molar-refractivity contribution in [1.82, 2.24) is 0 Å². The molecule has 2 aromatic rings. The van der Waals surface area contributed by atoms with Crippen LogP contribution in [0.25, 0.3) is 0 Å². The standard InChI is InChI=1S/C38H49ClN2O6S2/c1-27(36-38(4,5)31-18-7-9-20-33(31)41(36)24-11-13-26-49(45,46)47)29-16-14-15-28(35(29)39)21-22-34-37(2,3)30-17-6-8-19-32(30)40(34)23-10-12-25-48(42,43)44/h6-9,17-21,34H,1,10-16,22-26H2,2-5H3,(H-,42,43,44,45,46,47)/p+1. The Kier molecular flexibility index (Phi) is 11.1. The third-order valence-electron chi connectivity index (χ3n) is 10.6. The Bertz CT molecular complexity index is 1930. The molecule has 0 saturated heterocycles. The minimum Gasteiger partial charge on any atom is -0.367 e. The third kappa shape index (κ3) is 8.09. The third-order valence-corrected chi connectivity index (χ3v) is 12.7. The molecule has 2 aliphatic heterocycles. The second-order valence-electron chi connectivity index (χ2n) is 14.7. The van der Waals surface area contributed by atoms with Crippen molar-refractivity contribution in [1.29, 1.82) is 0 Å². The highest BCUT2D eigenvalue weighted by Crippen LogP contribution is 2.48. The van der Waals surface area contributed by atoms with Gasteiger partial charge in [0.2, 0.25) is 5.69 Å². The summed E-state index contributed by atoms with van der Waals surface area (Å²) in [4.78, 5) is 2.39. The molecule has 11 heteroatoms. The van der Waals surface area contributed by atoms with Crippen LogP contribution in [0, 0.1) is 0 Å². The number of benzene rings is 2. The fraction of sp³-hybridized carbons (Fsp3) is 0.500. The number of nitrogens with zero attached hydrogens (tertiary/aromatic N) is 2. The van der Waals surface area contributed by atoms with Gasteiger partial charge in [-0.3, -0.25) is 9.11 Å². The Morgan fingerprint density at radius 2 is 1.53 bits per heavy atom. The predicted octanol–water partition coefficient (Wildman–Crippen LogP) is 8.11. The quantitative estimate of drug-likeness (QED) is 0.115. The van der Waals surface area contributed by atoms with Gasteiger partial charge in [0, 0.05) is 52.3 Å². The highest BCUT2D eigenvalue weighted by molar-refractivity contribution is 7.86. The minimum absolute atomic E-state index is 0.136. The van der Waals surface area contributed by atoms with Crippen LogP contribution in [0.3, 0.4) is 0 Å². The molecule has 0 saturated carbocycles. The Morgan fingerprint density at radius 3 is 2.20 bits per heavy atom. The van der Waals surface area contributed by atoms with E-state index >= 15 is 0 Å². The van der Waals surface area contributed by atoms with Crippen molar-refractivity contribution in [3.05, 3.63) is 94.1 Å². The number of anilines is 1. The molecule has 2 N–H and O–H groups in total. The van der Waals surface area contributed by atoms with Crippen molar-refractivity contribution in [3.8, 4) is 0 Å². The largest absolute Gasteiger partial charge is 0.367 e. The maximum atomic E-state index is 11.4. The lowest BCUT2D eigenvalue weighted by molar-refractivity contribution is -0.438. The van der Waals surface area contributed by atoms with Crippen LogP contribution in [-0.4, -0.2) is 66.9 Å². The van der Waals surface area contributed by atoms with Crippen molar-refractivity contribution < 1.29 is 30.5 Å². The van der Waals surface area contributed by atoms with Crippen molar-refractivity contribution in [2.45, 2.75) is 95.9 Å². The topological polar surface area (TPSA) is 115 Å². The van der Waals surface area contributed by atoms with E-state index in [0.29, 0.717) is 38.8 Å². The first kappa shape index (κ1) is 37.5. The molecule has 0 bridgehead atoms. The molecule has 0 amide bonds. The molecule has 266 valence electrons. The fourth-order valence-electron chi connectivity index (χ4n) is 8.16. The van der Waals surface area contributed by atoms with E-state index in [9.17, 15) is 25.9 Å². The molecule has 0 spiro atoms. The normalized spacial score (nSPS) is 21.0. The van der Waals surface area contributed by atoms with Crippen LogP contribution in [0.4, 0.5) is 11.4 Å². The van der Waals surface area contributed by atoms with E-state index in [1.54, 1.807) is 0 Å². The first-order chi connectivity index (χ1) is 22.9. The summed E-state index contributed by atoms with van der Waals surface area (Å²) < 4.78 is 66.2. The first-order valence-corrected chi connectivity index (χ1v) is 20.8. The summed E-state index contributed by atoms with van der Waals surface area (Å²) >= 11 is 7.31. The number of hydrogen-bond donors (Lipinski definition) is 2. The smallest absolute Gasteiger partial charge is 0.264 e. The fourth-order valence-corrected chi connectivity index (χ4v) is 9.68. The van der Waals surface area contributed by atoms with Gasteiger partial charge in [-0.05, 0) is 81.6 Å². The summed E-state index contributed by atoms with van der Waals surface area (Å²) in [6, 6.07) is 16.8. The van der Waals surface area contributed by atoms with Gasteiger partial charge in [-0.2, -0.15) is 21.4 Å². The van der Waals surface area contributed by atoms with Gasteiger partial charge in [-0.1, -0.05) is 74.5 Å². The molecule has 0 aromatic heterocycles. The molecular formula is C38H50ClN2O6S2+. The lowest BCUT2D eigenvalue weighted by Crippen LogP contribution is -2.41. The van der Waals surface area contributed by atoms with Gasteiger partial charge in [-0.15, -0.1) is 0 Å². The summed E-state index contributed by atoms with van der Waals surface area (Å²) in [5, 5.41) is 0.745. The molecule has 0 fully saturated rings. The van der Waals surface area contributed by atoms with Crippen LogP contribution < -0.4 is 4.90 Å². The van der Waals surface area contributed by atoms with Crippen LogP contribution >= 0.6 is 11.6 Å². The Morgan fingerprint density at radius 1 is 0.918 bits per heavy atom. The van der Waals surface area contributed by atoms with Gasteiger partial charge in [0.1, 0.15) is 6.54 Å². The lowest BCUT2D eigenvalue weighted by Gasteiger charge is -2.34. The van der Waals surface area contributed by atoms with Crippen LogP contribution in [0.5, 0.6) is 0 Å². The van der Waals surface area contributed by atoms with Gasteiger partial charge in [0.05, 0.1) is 16.9 Å². The van der Waals surface area contributed by atoms with E-state index in [1.807, 2.05) is 18.2 Å². The highest BCUT2D eigenvalue weighted by atomic mass is 35.5. The number of rotatable bonds is 14. The molecule has 2 aromatic carbocycles. The lowest BCUT2D eigenvalue weighted by atomic mass is 9.75. The number of fused-ring (bicyclic) bond motifs is 2. The van der Waals surface area contributed by atoms with Crippen LogP contribution in [0.1, 0.15) is 90.2 Å². The van der Waals surface area contributed by atoms with Crippen LogP contribution in [0.2, 0.25) is 0 Å². The highest BCUT2D eigenvalue weighted by Gasteiger charge is 2.48. The van der Waals surface area contributed by atoms with Gasteiger partial charge in [0.25, 0.3) is 20.2 Å². The minimum atomic E-state index is -4.02. The average molecular weight is 730 g/mol. The van der Waals surface area contributed by atoms with Crippen LogP contribution in [-0.2, 0) is 31.1 Å². The molecule has 3 aliphatic rings. The number of hydrogen-bond acceptors (Lipinski definition) is 5. The zero-order valence-electron chi connectivity index (χ0n) is 29.1. The molecule has 1 aliphatic carbocycles. The molecule has 1 unspecified atom stereocenters. The average Bonchev–Trinajstić information content (AvgIpc) is 3.38. The van der Waals surface area contributed by atoms with E-state index in [1.165, 1.54) is 16.8 Å². The monoisotopic (exact) mass is 729 g/mol. The van der Waals surface area contributed by atoms with E-state index in [4.69, 9.17) is 11.6 Å². The second-order valence-corrected chi connectivity index (χ2v) is 18.2. The van der Waals surface area contributed by atoms with Crippen molar-refractivity contribution in [2.75, 3.05) is 29.5 Å². The van der Waals surface area contributed by atoms with Crippen molar-refractivity contribution >= 4 is 48.9 Å². The van der Waals surface area contributed by atoms with E-state index < -0.39 is 20.2 Å². The molecular weight excluding hydrogens is 680 g/mol. The summed E-state index contributed by atoms with van der Waals surface area (Å²) in [6.45, 7) is 14.8. The molecule has 5 rings (SSSR count). The molecule has 8 nitrogen and oxygen atoms in total. The summed E-state index contributed by atoms with van der Waals surface area (Å²) in [6.07, 6.45) is 7.64. The zero-order valence-corrected chi connectivity index (χ0v) is 31.5. The van der Waals surface area contributed by atoms with Gasteiger partial charge in [0.15, 0.2) is 5.71 Å². The first-order valence-electron chi connectivity index (χ1n) is 17.2. The summed E-state index contributed by atoms with van der Waals surface area (Å²) in [5.41, 5.74) is 8.31. The van der Waals surface area contributed by atoms with Gasteiger partial charge in [-0.25, -0.2) is 0 Å². The number of unbranched alkanes of at least 4 members (excludes halogenated alkanes) is 2. The van der Waals surface area contributed by atoms with Gasteiger partial charge >= 0.3 is 0 Å². The van der Waals surface area contributed by atoms with E-state index in [0.717, 1.165) is 58.8 Å². The Balaban J connectivity index is 1.43. The number of halogens is 1. The van der Waals surface area contributed by atoms with E-state index in [-0.39, 0.29) is 28.4 Å². The zero-order chi connectivity index (χ0) is 35.8. The Hall–Kier alpha value is -2.76. The van der Waals surface area contributed by atoms with E-state index in [2.05, 4.69) is 80.2 Å². The van der Waals surface area contributed by atoms with Crippen LogP contribution in [0.15, 0.2) is 82.9 Å². The van der Waals surface area contributed by atoms with Crippen molar-refractivity contribution in [3.63, 3.8) is 0 Å². The number of allylic oxidation sites excluding steroid dienone is 4. The SMILES string of the molecule is C=C(C1=C(Cl)C(=CCC2N(CCCCS(=O)(=O)O)c3ccccc3C2(C)C)CCC1)C1=[N+](CCCCS(=O)(=O)O)c2ccccc2C1(C)C. The summed E-state index contributed by atoms with van der Waals surface area (Å²) in [7, 11) is -8.02. The molecule has 1 atom stereocenters. The Labute approximate surface area is 297 Å². The number of para-hydroxylation sites is 2. The predicted molar refractivity (Wildman–Crippen MR) is 200 cm³/mol. The molecule has 2 heterocycles. The van der Waals surface area contributed by atoms with Crippen molar-refractivity contribution in [2.24, 2.45) is 0 Å². The second kappa shape index (κ2) is 14.5. The molecule has 0 radical (unpaired) electrons. The summed E-state index contributed by atoms with van der Waals surface area (Å²) in [5.74, 6) is -0.505. The molecule has 49 heavy (non-hydrogen) atoms. The maximum absolute atomic E-state index is 11.4.